The lowest BCUT2D eigenvalue weighted by Crippen LogP contribution is -2.15. The Bertz CT molecular complexity index is 825. The van der Waals surface area contributed by atoms with Crippen LogP contribution in [0.5, 0.6) is 5.75 Å². The average Bonchev–Trinajstić information content (AvgIpc) is 3.02. The normalized spacial score (nSPS) is 15.9. The van der Waals surface area contributed by atoms with E-state index >= 15 is 0 Å². The molecule has 0 bridgehead atoms. The predicted molar refractivity (Wildman–Crippen MR) is 91.2 cm³/mol. The number of thioether (sulfide) groups is 2. The lowest BCUT2D eigenvalue weighted by Gasteiger charge is -2.19. The molecule has 1 aromatic heterocycles. The topological polar surface area (TPSA) is 64.2 Å². The van der Waals surface area contributed by atoms with Gasteiger partial charge >= 0.3 is 0 Å². The number of hydrogen-bond donors (Lipinski definition) is 1. The van der Waals surface area contributed by atoms with Crippen LogP contribution in [0.15, 0.2) is 22.1 Å². The van der Waals surface area contributed by atoms with Gasteiger partial charge in [-0.05, 0) is 17.7 Å². The van der Waals surface area contributed by atoms with E-state index in [2.05, 4.69) is 9.97 Å². The van der Waals surface area contributed by atoms with Crippen LogP contribution >= 0.6 is 35.1 Å². The van der Waals surface area contributed by atoms with Crippen molar-refractivity contribution in [3.8, 4) is 5.75 Å². The standard InChI is InChI=1S/C15H13ClN2O3S2/c16-11-2-8(1-9-3-20-7-21-13(9)11)4-23-15-17-12-6-22-5-10(12)14(19)18-15/h1-2H,3-7H2,(H,17,18,19). The molecule has 1 aromatic carbocycles. The van der Waals surface area contributed by atoms with Crippen molar-refractivity contribution in [3.05, 3.63) is 49.9 Å². The highest BCUT2D eigenvalue weighted by Gasteiger charge is 2.19. The van der Waals surface area contributed by atoms with Crippen molar-refractivity contribution in [3.63, 3.8) is 0 Å². The first kappa shape index (κ1) is 15.4. The second kappa shape index (κ2) is 6.39. The minimum Gasteiger partial charge on any atom is -0.466 e. The SMILES string of the molecule is O=c1[nH]c(SCc2cc(Cl)c3c(c2)COCO3)nc2c1CSC2. The van der Waals surface area contributed by atoms with Crippen molar-refractivity contribution in [2.24, 2.45) is 0 Å². The Kier molecular flexibility index (Phi) is 4.27. The van der Waals surface area contributed by atoms with Crippen LogP contribution in [0.2, 0.25) is 5.02 Å². The summed E-state index contributed by atoms with van der Waals surface area (Å²) in [5.41, 5.74) is 3.70. The number of benzene rings is 1. The van der Waals surface area contributed by atoms with E-state index in [-0.39, 0.29) is 12.4 Å². The molecule has 3 heterocycles. The van der Waals surface area contributed by atoms with Crippen LogP contribution in [0.3, 0.4) is 0 Å². The summed E-state index contributed by atoms with van der Waals surface area (Å²) in [6, 6.07) is 3.91. The van der Waals surface area contributed by atoms with Gasteiger partial charge in [-0.1, -0.05) is 23.4 Å². The second-order valence-corrected chi connectivity index (χ2v) is 7.61. The van der Waals surface area contributed by atoms with Crippen LogP contribution in [0.1, 0.15) is 22.4 Å². The van der Waals surface area contributed by atoms with Gasteiger partial charge in [-0.2, -0.15) is 11.8 Å². The van der Waals surface area contributed by atoms with Gasteiger partial charge in [0.1, 0.15) is 5.75 Å². The summed E-state index contributed by atoms with van der Waals surface area (Å²) in [5, 5.41) is 1.24. The molecule has 8 heteroatoms. The number of nitrogens with zero attached hydrogens (tertiary/aromatic N) is 1. The van der Waals surface area contributed by atoms with E-state index in [0.29, 0.717) is 28.3 Å². The Labute approximate surface area is 146 Å². The number of halogens is 1. The third-order valence-electron chi connectivity index (χ3n) is 3.66. The molecule has 5 nitrogen and oxygen atoms in total. The summed E-state index contributed by atoms with van der Waals surface area (Å²) in [6.07, 6.45) is 0. The molecule has 0 saturated heterocycles. The van der Waals surface area contributed by atoms with Gasteiger partial charge in [0.2, 0.25) is 0 Å². The van der Waals surface area contributed by atoms with Crippen molar-refractivity contribution < 1.29 is 9.47 Å². The van der Waals surface area contributed by atoms with E-state index in [1.165, 1.54) is 11.8 Å². The van der Waals surface area contributed by atoms with Crippen molar-refractivity contribution in [2.75, 3.05) is 6.79 Å². The maximum atomic E-state index is 12.0. The van der Waals surface area contributed by atoms with E-state index in [0.717, 1.165) is 33.9 Å². The summed E-state index contributed by atoms with van der Waals surface area (Å²) < 4.78 is 10.7. The molecule has 0 amide bonds. The van der Waals surface area contributed by atoms with Gasteiger partial charge in [-0.25, -0.2) is 4.98 Å². The first-order chi connectivity index (χ1) is 11.2. The Morgan fingerprint density at radius 1 is 1.39 bits per heavy atom. The number of aromatic nitrogens is 2. The monoisotopic (exact) mass is 368 g/mol. The zero-order valence-electron chi connectivity index (χ0n) is 12.1. The van der Waals surface area contributed by atoms with E-state index in [1.807, 2.05) is 12.1 Å². The van der Waals surface area contributed by atoms with Crippen molar-refractivity contribution in [1.82, 2.24) is 9.97 Å². The van der Waals surface area contributed by atoms with Crippen LogP contribution < -0.4 is 10.3 Å². The predicted octanol–water partition coefficient (Wildman–Crippen LogP) is 3.33. The minimum atomic E-state index is -0.0206. The molecule has 2 aliphatic rings. The molecular formula is C15H13ClN2O3S2. The molecule has 0 aliphatic carbocycles. The van der Waals surface area contributed by atoms with Crippen LogP contribution in [-0.2, 0) is 28.6 Å². The molecule has 4 rings (SSSR count). The van der Waals surface area contributed by atoms with Gasteiger partial charge in [0.05, 0.1) is 17.3 Å². The molecule has 0 fully saturated rings. The Hall–Kier alpha value is -1.15. The number of hydrogen-bond acceptors (Lipinski definition) is 6. The van der Waals surface area contributed by atoms with Gasteiger partial charge in [-0.15, -0.1) is 0 Å². The number of ether oxygens (including phenoxy) is 2. The summed E-state index contributed by atoms with van der Waals surface area (Å²) in [5.74, 6) is 2.93. The fourth-order valence-corrected chi connectivity index (χ4v) is 4.74. The second-order valence-electron chi connectivity index (χ2n) is 5.25. The number of nitrogens with one attached hydrogen (secondary N) is 1. The first-order valence-electron chi connectivity index (χ1n) is 7.05. The van der Waals surface area contributed by atoms with Gasteiger partial charge in [0, 0.05) is 28.4 Å². The largest absolute Gasteiger partial charge is 0.466 e. The fraction of sp³-hybridized carbons (Fsp3) is 0.333. The Morgan fingerprint density at radius 3 is 3.22 bits per heavy atom. The lowest BCUT2D eigenvalue weighted by atomic mass is 10.1. The third-order valence-corrected chi connectivity index (χ3v) is 5.86. The van der Waals surface area contributed by atoms with Crippen molar-refractivity contribution >= 4 is 35.1 Å². The molecule has 23 heavy (non-hydrogen) atoms. The van der Waals surface area contributed by atoms with E-state index < -0.39 is 0 Å². The highest BCUT2D eigenvalue weighted by Crippen LogP contribution is 2.35. The zero-order chi connectivity index (χ0) is 15.8. The molecule has 0 radical (unpaired) electrons. The molecule has 0 unspecified atom stereocenters. The van der Waals surface area contributed by atoms with Crippen LogP contribution in [0.4, 0.5) is 0 Å². The maximum absolute atomic E-state index is 12.0. The number of rotatable bonds is 3. The smallest absolute Gasteiger partial charge is 0.255 e. The average molecular weight is 369 g/mol. The maximum Gasteiger partial charge on any atom is 0.255 e. The number of fused-ring (bicyclic) bond motifs is 2. The zero-order valence-corrected chi connectivity index (χ0v) is 14.4. The van der Waals surface area contributed by atoms with Gasteiger partial charge in [-0.3, -0.25) is 4.79 Å². The van der Waals surface area contributed by atoms with Gasteiger partial charge in [0.25, 0.3) is 5.56 Å². The molecular weight excluding hydrogens is 356 g/mol. The molecule has 0 spiro atoms. The lowest BCUT2D eigenvalue weighted by molar-refractivity contribution is -0.0163. The Balaban J connectivity index is 1.54. The number of H-pyrrole nitrogens is 1. The van der Waals surface area contributed by atoms with E-state index in [1.54, 1.807) is 11.8 Å². The molecule has 0 atom stereocenters. The molecule has 1 N–H and O–H groups in total. The minimum absolute atomic E-state index is 0.0206. The molecule has 2 aliphatic heterocycles. The summed E-state index contributed by atoms with van der Waals surface area (Å²) >= 11 is 9.48. The quantitative estimate of drug-likeness (QED) is 0.662. The van der Waals surface area contributed by atoms with Gasteiger partial charge < -0.3 is 14.5 Å². The molecule has 0 saturated carbocycles. The van der Waals surface area contributed by atoms with Crippen molar-refractivity contribution in [2.45, 2.75) is 29.0 Å². The summed E-state index contributed by atoms with van der Waals surface area (Å²) in [7, 11) is 0. The van der Waals surface area contributed by atoms with Crippen LogP contribution in [-0.4, -0.2) is 16.8 Å². The molecule has 120 valence electrons. The Morgan fingerprint density at radius 2 is 2.30 bits per heavy atom. The van der Waals surface area contributed by atoms with Gasteiger partial charge in [0.15, 0.2) is 11.9 Å². The molecule has 2 aromatic rings. The van der Waals surface area contributed by atoms with E-state index in [9.17, 15) is 4.79 Å². The number of aromatic amines is 1. The van der Waals surface area contributed by atoms with Crippen molar-refractivity contribution in [1.29, 1.82) is 0 Å². The first-order valence-corrected chi connectivity index (χ1v) is 9.57. The summed E-state index contributed by atoms with van der Waals surface area (Å²) in [4.78, 5) is 19.4. The summed E-state index contributed by atoms with van der Waals surface area (Å²) in [6.45, 7) is 0.734. The van der Waals surface area contributed by atoms with Crippen LogP contribution in [0, 0.1) is 0 Å². The highest BCUT2D eigenvalue weighted by atomic mass is 35.5. The third kappa shape index (κ3) is 3.10. The fourth-order valence-electron chi connectivity index (χ4n) is 2.58. The van der Waals surface area contributed by atoms with Crippen LogP contribution in [0.25, 0.3) is 0 Å². The van der Waals surface area contributed by atoms with E-state index in [4.69, 9.17) is 21.1 Å². The highest BCUT2D eigenvalue weighted by molar-refractivity contribution is 7.98.